The normalized spacial score (nSPS) is 13.2. The average Bonchev–Trinajstić information content (AvgIpc) is 2.64. The monoisotopic (exact) mass is 340 g/mol. The Morgan fingerprint density at radius 3 is 2.68 bits per heavy atom. The molecule has 2 aromatic rings. The smallest absolute Gasteiger partial charge is 0.244 e. The molecule has 2 aromatic carbocycles. The second-order valence-corrected chi connectivity index (χ2v) is 5.72. The number of para-hydroxylation sites is 1. The SMILES string of the molecule is COc1ccc(OC)c(NC(=O)CN2C(=O)CCc3ccccc32)c1. The van der Waals surface area contributed by atoms with Gasteiger partial charge in [0.1, 0.15) is 18.0 Å². The highest BCUT2D eigenvalue weighted by Gasteiger charge is 2.25. The van der Waals surface area contributed by atoms with Gasteiger partial charge >= 0.3 is 0 Å². The zero-order chi connectivity index (χ0) is 17.8. The van der Waals surface area contributed by atoms with Crippen LogP contribution in [-0.4, -0.2) is 32.6 Å². The van der Waals surface area contributed by atoms with Gasteiger partial charge in [-0.1, -0.05) is 18.2 Å². The lowest BCUT2D eigenvalue weighted by Gasteiger charge is -2.28. The van der Waals surface area contributed by atoms with Crippen molar-refractivity contribution in [1.82, 2.24) is 0 Å². The molecule has 0 bridgehead atoms. The summed E-state index contributed by atoms with van der Waals surface area (Å²) in [5.41, 5.74) is 2.38. The van der Waals surface area contributed by atoms with Gasteiger partial charge in [0.2, 0.25) is 11.8 Å². The van der Waals surface area contributed by atoms with E-state index >= 15 is 0 Å². The molecule has 1 N–H and O–H groups in total. The number of nitrogens with zero attached hydrogens (tertiary/aromatic N) is 1. The Hall–Kier alpha value is -3.02. The van der Waals surface area contributed by atoms with Crippen LogP contribution in [-0.2, 0) is 16.0 Å². The van der Waals surface area contributed by atoms with Gasteiger partial charge in [0, 0.05) is 18.2 Å². The number of rotatable bonds is 5. The molecule has 0 fully saturated rings. The van der Waals surface area contributed by atoms with Crippen LogP contribution in [0.4, 0.5) is 11.4 Å². The molecular formula is C19H20N2O4. The zero-order valence-electron chi connectivity index (χ0n) is 14.2. The molecule has 0 aromatic heterocycles. The van der Waals surface area contributed by atoms with Gasteiger partial charge in [-0.15, -0.1) is 0 Å². The van der Waals surface area contributed by atoms with Gasteiger partial charge in [0.05, 0.1) is 19.9 Å². The summed E-state index contributed by atoms with van der Waals surface area (Å²) in [4.78, 5) is 26.3. The van der Waals surface area contributed by atoms with E-state index in [1.807, 2.05) is 24.3 Å². The molecule has 1 aliphatic heterocycles. The van der Waals surface area contributed by atoms with Crippen LogP contribution in [0.5, 0.6) is 11.5 Å². The summed E-state index contributed by atoms with van der Waals surface area (Å²) in [6, 6.07) is 12.8. The quantitative estimate of drug-likeness (QED) is 0.908. The van der Waals surface area contributed by atoms with Crippen LogP contribution in [0.25, 0.3) is 0 Å². The second-order valence-electron chi connectivity index (χ2n) is 5.72. The van der Waals surface area contributed by atoms with E-state index in [0.29, 0.717) is 30.0 Å². The molecule has 1 heterocycles. The first kappa shape index (κ1) is 16.8. The van der Waals surface area contributed by atoms with Crippen molar-refractivity contribution in [1.29, 1.82) is 0 Å². The predicted molar refractivity (Wildman–Crippen MR) is 95.3 cm³/mol. The molecule has 2 amide bonds. The van der Waals surface area contributed by atoms with E-state index in [0.717, 1.165) is 11.3 Å². The number of anilines is 2. The Labute approximate surface area is 146 Å². The fourth-order valence-corrected chi connectivity index (χ4v) is 2.91. The molecule has 6 nitrogen and oxygen atoms in total. The molecule has 3 rings (SSSR count). The zero-order valence-corrected chi connectivity index (χ0v) is 14.2. The molecule has 0 saturated heterocycles. The molecule has 1 aliphatic rings. The van der Waals surface area contributed by atoms with E-state index in [9.17, 15) is 9.59 Å². The molecule has 0 aliphatic carbocycles. The number of aryl methyl sites for hydroxylation is 1. The molecule has 6 heteroatoms. The lowest BCUT2D eigenvalue weighted by molar-refractivity contribution is -0.121. The highest BCUT2D eigenvalue weighted by atomic mass is 16.5. The van der Waals surface area contributed by atoms with Crippen molar-refractivity contribution in [2.45, 2.75) is 12.8 Å². The molecule has 0 radical (unpaired) electrons. The Bertz CT molecular complexity index is 804. The maximum absolute atomic E-state index is 12.5. The van der Waals surface area contributed by atoms with Crippen LogP contribution >= 0.6 is 0 Å². The average molecular weight is 340 g/mol. The maximum Gasteiger partial charge on any atom is 0.244 e. The number of fused-ring (bicyclic) bond motifs is 1. The summed E-state index contributed by atoms with van der Waals surface area (Å²) in [7, 11) is 3.08. The van der Waals surface area contributed by atoms with Gasteiger partial charge in [-0.25, -0.2) is 0 Å². The van der Waals surface area contributed by atoms with Gasteiger partial charge in [-0.3, -0.25) is 9.59 Å². The Kier molecular flexibility index (Phi) is 4.88. The Balaban J connectivity index is 1.78. The number of amides is 2. The number of hydrogen-bond donors (Lipinski definition) is 1. The molecule has 25 heavy (non-hydrogen) atoms. The van der Waals surface area contributed by atoms with Crippen molar-refractivity contribution < 1.29 is 19.1 Å². The minimum atomic E-state index is -0.295. The lowest BCUT2D eigenvalue weighted by Crippen LogP contribution is -2.40. The van der Waals surface area contributed by atoms with Crippen LogP contribution < -0.4 is 19.7 Å². The summed E-state index contributed by atoms with van der Waals surface area (Å²) in [6.45, 7) is -0.0454. The molecule has 0 atom stereocenters. The van der Waals surface area contributed by atoms with Crippen LogP contribution in [0.1, 0.15) is 12.0 Å². The first-order valence-electron chi connectivity index (χ1n) is 8.02. The van der Waals surface area contributed by atoms with Crippen molar-refractivity contribution >= 4 is 23.2 Å². The van der Waals surface area contributed by atoms with E-state index in [1.54, 1.807) is 25.3 Å². The third-order valence-electron chi connectivity index (χ3n) is 4.17. The van der Waals surface area contributed by atoms with Crippen LogP contribution in [0.2, 0.25) is 0 Å². The number of methoxy groups -OCH3 is 2. The van der Waals surface area contributed by atoms with Gasteiger partial charge < -0.3 is 19.7 Å². The van der Waals surface area contributed by atoms with Crippen molar-refractivity contribution in [3.63, 3.8) is 0 Å². The van der Waals surface area contributed by atoms with Crippen molar-refractivity contribution in [3.8, 4) is 11.5 Å². The standard InChI is InChI=1S/C19H20N2O4/c1-24-14-8-9-17(25-2)15(11-14)20-18(22)12-21-16-6-4-3-5-13(16)7-10-19(21)23/h3-6,8-9,11H,7,10,12H2,1-2H3,(H,20,22). The largest absolute Gasteiger partial charge is 0.497 e. The molecule has 130 valence electrons. The van der Waals surface area contributed by atoms with Gasteiger partial charge in [-0.2, -0.15) is 0 Å². The van der Waals surface area contributed by atoms with Crippen molar-refractivity contribution in [3.05, 3.63) is 48.0 Å². The summed E-state index contributed by atoms with van der Waals surface area (Å²) in [6.07, 6.45) is 1.11. The third-order valence-corrected chi connectivity index (χ3v) is 4.17. The predicted octanol–water partition coefficient (Wildman–Crippen LogP) is 2.62. The highest BCUT2D eigenvalue weighted by Crippen LogP contribution is 2.30. The molecule has 0 unspecified atom stereocenters. The summed E-state index contributed by atoms with van der Waals surface area (Å²) in [5, 5.41) is 2.80. The number of ether oxygens (including phenoxy) is 2. The van der Waals surface area contributed by atoms with E-state index < -0.39 is 0 Å². The number of benzene rings is 2. The number of carbonyl (C=O) groups is 2. The van der Waals surface area contributed by atoms with Gasteiger partial charge in [-0.05, 0) is 30.2 Å². The van der Waals surface area contributed by atoms with Crippen molar-refractivity contribution in [2.24, 2.45) is 0 Å². The van der Waals surface area contributed by atoms with E-state index in [2.05, 4.69) is 5.32 Å². The first-order chi connectivity index (χ1) is 12.1. The summed E-state index contributed by atoms with van der Waals surface area (Å²) >= 11 is 0. The fraction of sp³-hybridized carbons (Fsp3) is 0.263. The lowest BCUT2D eigenvalue weighted by atomic mass is 10.0. The number of hydrogen-bond acceptors (Lipinski definition) is 4. The summed E-state index contributed by atoms with van der Waals surface area (Å²) in [5.74, 6) is 0.790. The topological polar surface area (TPSA) is 67.9 Å². The minimum Gasteiger partial charge on any atom is -0.497 e. The molecule has 0 spiro atoms. The van der Waals surface area contributed by atoms with E-state index in [-0.39, 0.29) is 18.4 Å². The van der Waals surface area contributed by atoms with Crippen LogP contribution in [0.3, 0.4) is 0 Å². The molecule has 0 saturated carbocycles. The third kappa shape index (κ3) is 3.57. The van der Waals surface area contributed by atoms with Crippen molar-refractivity contribution in [2.75, 3.05) is 31.0 Å². The fourth-order valence-electron chi connectivity index (χ4n) is 2.91. The van der Waals surface area contributed by atoms with Crippen LogP contribution in [0.15, 0.2) is 42.5 Å². The second kappa shape index (κ2) is 7.25. The maximum atomic E-state index is 12.5. The van der Waals surface area contributed by atoms with E-state index in [1.165, 1.54) is 12.0 Å². The first-order valence-corrected chi connectivity index (χ1v) is 8.02. The highest BCUT2D eigenvalue weighted by molar-refractivity contribution is 6.04. The number of carbonyl (C=O) groups excluding carboxylic acids is 2. The number of nitrogens with one attached hydrogen (secondary N) is 1. The Morgan fingerprint density at radius 1 is 1.12 bits per heavy atom. The van der Waals surface area contributed by atoms with E-state index in [4.69, 9.17) is 9.47 Å². The minimum absolute atomic E-state index is 0.0454. The summed E-state index contributed by atoms with van der Waals surface area (Å²) < 4.78 is 10.4. The van der Waals surface area contributed by atoms with Gasteiger partial charge in [0.15, 0.2) is 0 Å². The Morgan fingerprint density at radius 2 is 1.92 bits per heavy atom. The van der Waals surface area contributed by atoms with Gasteiger partial charge in [0.25, 0.3) is 0 Å². The van der Waals surface area contributed by atoms with Crippen LogP contribution in [0, 0.1) is 0 Å². The molecular weight excluding hydrogens is 320 g/mol.